The lowest BCUT2D eigenvalue weighted by molar-refractivity contribution is 0.233. The van der Waals surface area contributed by atoms with Gasteiger partial charge in [-0.3, -0.25) is 4.90 Å². The van der Waals surface area contributed by atoms with E-state index in [2.05, 4.69) is 48.1 Å². The lowest BCUT2D eigenvalue weighted by Gasteiger charge is -2.28. The van der Waals surface area contributed by atoms with Crippen LogP contribution >= 0.6 is 15.9 Å². The fourth-order valence-corrected chi connectivity index (χ4v) is 3.18. The minimum absolute atomic E-state index is 0.816. The van der Waals surface area contributed by atoms with Crippen molar-refractivity contribution in [2.24, 2.45) is 0 Å². The van der Waals surface area contributed by atoms with Gasteiger partial charge >= 0.3 is 0 Å². The van der Waals surface area contributed by atoms with E-state index in [1.54, 1.807) is 23.4 Å². The van der Waals surface area contributed by atoms with E-state index in [4.69, 9.17) is 4.98 Å². The van der Waals surface area contributed by atoms with Crippen LogP contribution in [0, 0.1) is 0 Å². The number of halogens is 1. The lowest BCUT2D eigenvalue weighted by Crippen LogP contribution is -2.34. The van der Waals surface area contributed by atoms with Gasteiger partial charge in [0.15, 0.2) is 5.65 Å². The highest BCUT2D eigenvalue weighted by molar-refractivity contribution is 9.10. The third-order valence-electron chi connectivity index (χ3n) is 3.94. The Morgan fingerprint density at radius 2 is 2.00 bits per heavy atom. The maximum absolute atomic E-state index is 4.71. The summed E-state index contributed by atoms with van der Waals surface area (Å²) in [6.07, 6.45) is 6.20. The second kappa shape index (κ2) is 5.73. The monoisotopic (exact) mass is 358 g/mol. The molecule has 112 valence electrons. The fourth-order valence-electron chi connectivity index (χ4n) is 2.84. The average molecular weight is 359 g/mol. The van der Waals surface area contributed by atoms with E-state index in [1.807, 2.05) is 0 Å². The van der Waals surface area contributed by atoms with E-state index < -0.39 is 0 Å². The summed E-state index contributed by atoms with van der Waals surface area (Å²) in [6, 6.07) is 4.29. The Balaban J connectivity index is 1.54. The van der Waals surface area contributed by atoms with Crippen molar-refractivity contribution in [3.8, 4) is 0 Å². The molecule has 4 heterocycles. The van der Waals surface area contributed by atoms with Crippen molar-refractivity contribution in [1.82, 2.24) is 29.9 Å². The Labute approximate surface area is 136 Å². The van der Waals surface area contributed by atoms with Crippen molar-refractivity contribution >= 4 is 27.0 Å². The van der Waals surface area contributed by atoms with E-state index in [-0.39, 0.29) is 0 Å². The van der Waals surface area contributed by atoms with Gasteiger partial charge in [0.25, 0.3) is 0 Å². The van der Waals surface area contributed by atoms with E-state index in [0.29, 0.717) is 0 Å². The summed E-state index contributed by atoms with van der Waals surface area (Å²) < 4.78 is 0.985. The molecule has 0 aromatic carbocycles. The molecule has 0 aliphatic carbocycles. The molecule has 0 unspecified atom stereocenters. The van der Waals surface area contributed by atoms with Crippen molar-refractivity contribution in [3.05, 3.63) is 46.5 Å². The van der Waals surface area contributed by atoms with Gasteiger partial charge in [0.2, 0.25) is 0 Å². The van der Waals surface area contributed by atoms with Crippen molar-refractivity contribution in [2.75, 3.05) is 13.1 Å². The molecule has 4 rings (SSSR count). The molecule has 22 heavy (non-hydrogen) atoms. The highest BCUT2D eigenvalue weighted by Gasteiger charge is 2.18. The van der Waals surface area contributed by atoms with Gasteiger partial charge < -0.3 is 0 Å². The molecule has 0 amide bonds. The molecular weight excluding hydrogens is 344 g/mol. The molecule has 0 saturated carbocycles. The van der Waals surface area contributed by atoms with Crippen molar-refractivity contribution in [3.63, 3.8) is 0 Å². The van der Waals surface area contributed by atoms with E-state index >= 15 is 0 Å². The van der Waals surface area contributed by atoms with Crippen LogP contribution in [0.5, 0.6) is 0 Å². The van der Waals surface area contributed by atoms with E-state index in [0.717, 1.165) is 48.1 Å². The second-order valence-corrected chi connectivity index (χ2v) is 6.36. The van der Waals surface area contributed by atoms with E-state index in [1.165, 1.54) is 11.3 Å². The van der Waals surface area contributed by atoms with Crippen LogP contribution in [-0.4, -0.2) is 43.0 Å². The van der Waals surface area contributed by atoms with Gasteiger partial charge in [0.1, 0.15) is 0 Å². The number of fused-ring (bicyclic) bond motifs is 2. The van der Waals surface area contributed by atoms with Gasteiger partial charge in [-0.1, -0.05) is 0 Å². The maximum atomic E-state index is 4.71. The van der Waals surface area contributed by atoms with Gasteiger partial charge in [0.05, 0.1) is 18.9 Å². The summed E-state index contributed by atoms with van der Waals surface area (Å²) in [5, 5.41) is 9.38. The first-order chi connectivity index (χ1) is 10.8. The highest BCUT2D eigenvalue weighted by atomic mass is 79.9. The molecule has 3 aromatic rings. The summed E-state index contributed by atoms with van der Waals surface area (Å²) in [5.74, 6) is 0. The van der Waals surface area contributed by atoms with Gasteiger partial charge in [-0.2, -0.15) is 15.0 Å². The first-order valence-corrected chi connectivity index (χ1v) is 8.08. The maximum Gasteiger partial charge on any atom is 0.159 e. The molecule has 0 bridgehead atoms. The quantitative estimate of drug-likeness (QED) is 0.716. The highest BCUT2D eigenvalue weighted by Crippen LogP contribution is 2.23. The molecule has 1 aliphatic rings. The first-order valence-electron chi connectivity index (χ1n) is 7.28. The fraction of sp³-hybridized carbons (Fsp3) is 0.333. The van der Waals surface area contributed by atoms with Crippen molar-refractivity contribution < 1.29 is 0 Å². The Bertz CT molecular complexity index is 801. The van der Waals surface area contributed by atoms with Crippen LogP contribution in [0.25, 0.3) is 11.0 Å². The molecule has 0 fully saturated rings. The van der Waals surface area contributed by atoms with Gasteiger partial charge in [-0.25, -0.2) is 9.97 Å². The Hall–Kier alpha value is -1.86. The van der Waals surface area contributed by atoms with Crippen molar-refractivity contribution in [1.29, 1.82) is 0 Å². The molecular formula is C15H15BrN6. The summed E-state index contributed by atoms with van der Waals surface area (Å²) in [5.41, 5.74) is 3.30. The van der Waals surface area contributed by atoms with Crippen LogP contribution in [0.4, 0.5) is 0 Å². The second-order valence-electron chi connectivity index (χ2n) is 5.45. The zero-order valence-electron chi connectivity index (χ0n) is 12.0. The Kier molecular flexibility index (Phi) is 3.59. The number of pyridine rings is 2. The molecule has 0 N–H and O–H groups in total. The van der Waals surface area contributed by atoms with Crippen molar-refractivity contribution in [2.45, 2.75) is 19.5 Å². The minimum Gasteiger partial charge on any atom is -0.297 e. The van der Waals surface area contributed by atoms with Gasteiger partial charge in [0, 0.05) is 47.8 Å². The normalized spacial score (nSPS) is 15.1. The summed E-state index contributed by atoms with van der Waals surface area (Å²) in [7, 11) is 0. The average Bonchev–Trinajstić information content (AvgIpc) is 3.04. The predicted molar refractivity (Wildman–Crippen MR) is 86.2 cm³/mol. The van der Waals surface area contributed by atoms with Crippen LogP contribution in [0.2, 0.25) is 0 Å². The summed E-state index contributed by atoms with van der Waals surface area (Å²) in [4.78, 5) is 13.3. The van der Waals surface area contributed by atoms with Crippen LogP contribution in [0.15, 0.2) is 35.2 Å². The van der Waals surface area contributed by atoms with Crippen LogP contribution in [0.1, 0.15) is 11.3 Å². The number of rotatable bonds is 3. The van der Waals surface area contributed by atoms with Gasteiger partial charge in [-0.15, -0.1) is 0 Å². The summed E-state index contributed by atoms with van der Waals surface area (Å²) in [6.45, 7) is 3.70. The standard InChI is InChI=1S/C15H15BrN6/c16-13-8-11-7-12-10-21(5-6-22-18-2-3-19-22)4-1-14(12)20-15(11)17-9-13/h2-3,7-9H,1,4-6,10H2. The molecule has 0 radical (unpaired) electrons. The smallest absolute Gasteiger partial charge is 0.159 e. The van der Waals surface area contributed by atoms with Crippen LogP contribution in [-0.2, 0) is 19.5 Å². The van der Waals surface area contributed by atoms with Crippen LogP contribution < -0.4 is 0 Å². The topological polar surface area (TPSA) is 59.7 Å². The molecule has 3 aromatic heterocycles. The number of nitrogens with zero attached hydrogens (tertiary/aromatic N) is 6. The zero-order chi connectivity index (χ0) is 14.9. The number of hydrogen-bond donors (Lipinski definition) is 0. The lowest BCUT2D eigenvalue weighted by atomic mass is 10.0. The minimum atomic E-state index is 0.816. The Morgan fingerprint density at radius 3 is 2.86 bits per heavy atom. The largest absolute Gasteiger partial charge is 0.297 e. The first kappa shape index (κ1) is 13.8. The predicted octanol–water partition coefficient (Wildman–Crippen LogP) is 2.04. The molecule has 6 nitrogen and oxygen atoms in total. The molecule has 0 spiro atoms. The molecule has 0 atom stereocenters. The zero-order valence-corrected chi connectivity index (χ0v) is 13.6. The molecule has 7 heteroatoms. The van der Waals surface area contributed by atoms with Crippen LogP contribution in [0.3, 0.4) is 0 Å². The molecule has 1 aliphatic heterocycles. The summed E-state index contributed by atoms with van der Waals surface area (Å²) >= 11 is 3.47. The van der Waals surface area contributed by atoms with Gasteiger partial charge in [-0.05, 0) is 33.6 Å². The third-order valence-corrected chi connectivity index (χ3v) is 4.38. The number of hydrogen-bond acceptors (Lipinski definition) is 5. The Morgan fingerprint density at radius 1 is 1.14 bits per heavy atom. The third kappa shape index (κ3) is 2.74. The SMILES string of the molecule is Brc1cnc2nc3c(cc2c1)CN(CCn1nccn1)CC3. The van der Waals surface area contributed by atoms with E-state index in [9.17, 15) is 0 Å². The molecule has 0 saturated heterocycles. The number of aromatic nitrogens is 5.